The molecule has 0 aliphatic rings. The third kappa shape index (κ3) is 8.93. The maximum Gasteiger partial charge on any atom is 0.0233 e. The molecule has 0 radical (unpaired) electrons. The van der Waals surface area contributed by atoms with E-state index in [9.17, 15) is 0 Å². The zero-order valence-electron chi connectivity index (χ0n) is 12.9. The molecule has 0 aliphatic heterocycles. The molecule has 17 heavy (non-hydrogen) atoms. The van der Waals surface area contributed by atoms with Gasteiger partial charge in [0.1, 0.15) is 0 Å². The summed E-state index contributed by atoms with van der Waals surface area (Å²) < 4.78 is 0. The molecule has 0 fully saturated rings. The molecule has 0 N–H and O–H groups in total. The topological polar surface area (TPSA) is 3.24 Å². The lowest BCUT2D eigenvalue weighted by molar-refractivity contribution is 0.296. The number of benzene rings is 1. The van der Waals surface area contributed by atoms with Crippen molar-refractivity contribution < 1.29 is 0 Å². The predicted octanol–water partition coefficient (Wildman–Crippen LogP) is 4.89. The summed E-state index contributed by atoms with van der Waals surface area (Å²) in [6, 6.07) is 8.74. The fourth-order valence-corrected chi connectivity index (χ4v) is 1.52. The predicted molar refractivity (Wildman–Crippen MR) is 80.5 cm³/mol. The normalized spacial score (nSPS) is 8.94. The number of hydrogen-bond acceptors (Lipinski definition) is 1. The number of nitrogens with zero attached hydrogens (tertiary/aromatic N) is 1. The monoisotopic (exact) mass is 237 g/mol. The minimum Gasteiger partial charge on any atom is -0.300 e. The van der Waals surface area contributed by atoms with Gasteiger partial charge < -0.3 is 0 Å². The first-order valence-corrected chi connectivity index (χ1v) is 7.04. The molecular formula is C16H31N. The van der Waals surface area contributed by atoms with Gasteiger partial charge >= 0.3 is 0 Å². The van der Waals surface area contributed by atoms with E-state index in [2.05, 4.69) is 49.9 Å². The van der Waals surface area contributed by atoms with Crippen LogP contribution in [0, 0.1) is 6.92 Å². The lowest BCUT2D eigenvalue weighted by atomic mass is 10.1. The Morgan fingerprint density at radius 1 is 0.941 bits per heavy atom. The van der Waals surface area contributed by atoms with Gasteiger partial charge in [0.25, 0.3) is 0 Å². The lowest BCUT2D eigenvalue weighted by Crippen LogP contribution is -2.22. The van der Waals surface area contributed by atoms with E-state index in [1.165, 1.54) is 11.1 Å². The summed E-state index contributed by atoms with van der Waals surface area (Å²) in [6.07, 6.45) is 0. The zero-order chi connectivity index (χ0) is 13.7. The third-order valence-corrected chi connectivity index (χ3v) is 2.38. The Balaban J connectivity index is 0. The molecule has 0 heterocycles. The van der Waals surface area contributed by atoms with Gasteiger partial charge in [0, 0.05) is 6.54 Å². The van der Waals surface area contributed by atoms with Gasteiger partial charge in [-0.15, -0.1) is 0 Å². The van der Waals surface area contributed by atoms with Crippen LogP contribution in [0.15, 0.2) is 24.3 Å². The molecule has 1 aromatic carbocycles. The second-order valence-electron chi connectivity index (χ2n) is 3.45. The first-order chi connectivity index (χ1) is 8.26. The van der Waals surface area contributed by atoms with Gasteiger partial charge in [-0.3, -0.25) is 4.90 Å². The van der Waals surface area contributed by atoms with Crippen LogP contribution in [0.4, 0.5) is 0 Å². The fourth-order valence-electron chi connectivity index (χ4n) is 1.52. The van der Waals surface area contributed by atoms with Crippen molar-refractivity contribution >= 4 is 0 Å². The number of aryl methyl sites for hydroxylation is 1. The average Bonchev–Trinajstić information content (AvgIpc) is 2.41. The van der Waals surface area contributed by atoms with E-state index >= 15 is 0 Å². The molecule has 0 spiro atoms. The van der Waals surface area contributed by atoms with Crippen molar-refractivity contribution in [1.29, 1.82) is 0 Å². The standard InChI is InChI=1S/C12H19N.2C2H6/c1-4-13(5-2)10-12-8-6-7-11(3)9-12;2*1-2/h6-9H,4-5,10H2,1-3H3;2*1-2H3. The van der Waals surface area contributed by atoms with Crippen LogP contribution >= 0.6 is 0 Å². The molecule has 0 atom stereocenters. The molecule has 0 aromatic heterocycles. The largest absolute Gasteiger partial charge is 0.300 e. The van der Waals surface area contributed by atoms with E-state index in [0.717, 1.165) is 19.6 Å². The molecule has 0 unspecified atom stereocenters. The van der Waals surface area contributed by atoms with Crippen LogP contribution < -0.4 is 0 Å². The molecule has 0 aliphatic carbocycles. The van der Waals surface area contributed by atoms with Gasteiger partial charge in [-0.2, -0.15) is 0 Å². The summed E-state index contributed by atoms with van der Waals surface area (Å²) in [4.78, 5) is 2.43. The van der Waals surface area contributed by atoms with Crippen LogP contribution in [0.25, 0.3) is 0 Å². The molecule has 0 amide bonds. The van der Waals surface area contributed by atoms with Gasteiger partial charge in [0.05, 0.1) is 0 Å². The van der Waals surface area contributed by atoms with Crippen LogP contribution in [-0.2, 0) is 6.54 Å². The van der Waals surface area contributed by atoms with Crippen LogP contribution in [0.1, 0.15) is 52.7 Å². The van der Waals surface area contributed by atoms with Crippen LogP contribution in [0.5, 0.6) is 0 Å². The summed E-state index contributed by atoms with van der Waals surface area (Å²) in [6.45, 7) is 17.9. The van der Waals surface area contributed by atoms with Crippen molar-refractivity contribution in [3.8, 4) is 0 Å². The van der Waals surface area contributed by atoms with E-state index in [1.54, 1.807) is 0 Å². The van der Waals surface area contributed by atoms with Gasteiger partial charge in [0.15, 0.2) is 0 Å². The third-order valence-electron chi connectivity index (χ3n) is 2.38. The van der Waals surface area contributed by atoms with Gasteiger partial charge in [0.2, 0.25) is 0 Å². The highest BCUT2D eigenvalue weighted by atomic mass is 15.1. The van der Waals surface area contributed by atoms with E-state index < -0.39 is 0 Å². The minimum absolute atomic E-state index is 1.08. The zero-order valence-corrected chi connectivity index (χ0v) is 12.9. The Morgan fingerprint density at radius 2 is 1.47 bits per heavy atom. The smallest absolute Gasteiger partial charge is 0.0233 e. The maximum atomic E-state index is 2.43. The molecule has 1 aromatic rings. The highest BCUT2D eigenvalue weighted by molar-refractivity contribution is 5.21. The fraction of sp³-hybridized carbons (Fsp3) is 0.625. The quantitative estimate of drug-likeness (QED) is 0.720. The van der Waals surface area contributed by atoms with Crippen LogP contribution in [-0.4, -0.2) is 18.0 Å². The average molecular weight is 237 g/mol. The summed E-state index contributed by atoms with van der Waals surface area (Å²) >= 11 is 0. The summed E-state index contributed by atoms with van der Waals surface area (Å²) in [5.41, 5.74) is 2.77. The van der Waals surface area contributed by atoms with Gasteiger partial charge in [-0.25, -0.2) is 0 Å². The molecule has 1 nitrogen and oxygen atoms in total. The first-order valence-electron chi connectivity index (χ1n) is 7.04. The summed E-state index contributed by atoms with van der Waals surface area (Å²) in [7, 11) is 0. The molecule has 1 heteroatoms. The maximum absolute atomic E-state index is 2.43. The highest BCUT2D eigenvalue weighted by Gasteiger charge is 1.99. The summed E-state index contributed by atoms with van der Waals surface area (Å²) in [5.74, 6) is 0. The minimum atomic E-state index is 1.08. The highest BCUT2D eigenvalue weighted by Crippen LogP contribution is 2.06. The molecule has 1 rings (SSSR count). The lowest BCUT2D eigenvalue weighted by Gasteiger charge is -2.17. The summed E-state index contributed by atoms with van der Waals surface area (Å²) in [5, 5.41) is 0. The van der Waals surface area contributed by atoms with Crippen molar-refractivity contribution in [2.75, 3.05) is 13.1 Å². The molecule has 0 bridgehead atoms. The Labute approximate surface area is 109 Å². The van der Waals surface area contributed by atoms with E-state index in [-0.39, 0.29) is 0 Å². The van der Waals surface area contributed by atoms with Crippen molar-refractivity contribution in [2.24, 2.45) is 0 Å². The SMILES string of the molecule is CC.CC.CCN(CC)Cc1cccc(C)c1. The van der Waals surface area contributed by atoms with Crippen molar-refractivity contribution in [3.63, 3.8) is 0 Å². The van der Waals surface area contributed by atoms with Crippen LogP contribution in [0.3, 0.4) is 0 Å². The van der Waals surface area contributed by atoms with Gasteiger partial charge in [-0.1, -0.05) is 71.4 Å². The van der Waals surface area contributed by atoms with Crippen molar-refractivity contribution in [1.82, 2.24) is 4.90 Å². The second-order valence-corrected chi connectivity index (χ2v) is 3.45. The first kappa shape index (κ1) is 18.5. The van der Waals surface area contributed by atoms with Crippen molar-refractivity contribution in [2.45, 2.75) is 55.0 Å². The van der Waals surface area contributed by atoms with Crippen molar-refractivity contribution in [3.05, 3.63) is 35.4 Å². The number of rotatable bonds is 4. The Kier molecular flexibility index (Phi) is 14.4. The van der Waals surface area contributed by atoms with Crippen LogP contribution in [0.2, 0.25) is 0 Å². The molecule has 100 valence electrons. The molecule has 0 saturated heterocycles. The van der Waals surface area contributed by atoms with E-state index in [1.807, 2.05) is 27.7 Å². The van der Waals surface area contributed by atoms with E-state index in [0.29, 0.717) is 0 Å². The molecule has 0 saturated carbocycles. The Bertz CT molecular complexity index is 251. The Morgan fingerprint density at radius 3 is 1.88 bits per heavy atom. The number of hydrogen-bond donors (Lipinski definition) is 0. The van der Waals surface area contributed by atoms with Gasteiger partial charge in [-0.05, 0) is 25.6 Å². The van der Waals surface area contributed by atoms with E-state index in [4.69, 9.17) is 0 Å². The Hall–Kier alpha value is -0.820. The molecular weight excluding hydrogens is 206 g/mol. The second kappa shape index (κ2) is 13.2.